The molecule has 0 spiro atoms. The second kappa shape index (κ2) is 12.7. The Morgan fingerprint density at radius 1 is 1.08 bits per heavy atom. The highest BCUT2D eigenvalue weighted by molar-refractivity contribution is 5.99. The van der Waals surface area contributed by atoms with Crippen LogP contribution in [0.25, 0.3) is 0 Å². The molecular formula is C37H43F2N5O5. The van der Waals surface area contributed by atoms with E-state index < -0.39 is 28.7 Å². The van der Waals surface area contributed by atoms with Crippen molar-refractivity contribution in [2.75, 3.05) is 37.6 Å². The molecule has 3 aliphatic rings. The van der Waals surface area contributed by atoms with Crippen LogP contribution in [0, 0.1) is 11.6 Å². The number of aromatic nitrogens is 1. The van der Waals surface area contributed by atoms with E-state index in [1.54, 1.807) is 33.0 Å². The van der Waals surface area contributed by atoms with Gasteiger partial charge in [-0.2, -0.15) is 0 Å². The Labute approximate surface area is 285 Å². The molecule has 0 unspecified atom stereocenters. The lowest BCUT2D eigenvalue weighted by molar-refractivity contribution is -0.121. The van der Waals surface area contributed by atoms with Crippen LogP contribution in [-0.4, -0.2) is 93.1 Å². The molecule has 1 saturated heterocycles. The van der Waals surface area contributed by atoms with Crippen molar-refractivity contribution in [3.8, 4) is 5.75 Å². The molecule has 4 heterocycles. The number of amides is 3. The number of rotatable bonds is 6. The van der Waals surface area contributed by atoms with Crippen LogP contribution in [-0.2, 0) is 27.9 Å². The van der Waals surface area contributed by atoms with Crippen LogP contribution in [0.4, 0.5) is 19.3 Å². The topological polar surface area (TPSA) is 107 Å². The summed E-state index contributed by atoms with van der Waals surface area (Å²) in [5.41, 5.74) is 2.53. The molecule has 12 heteroatoms. The molecular weight excluding hydrogens is 632 g/mol. The van der Waals surface area contributed by atoms with Crippen LogP contribution in [0.1, 0.15) is 74.3 Å². The lowest BCUT2D eigenvalue weighted by Gasteiger charge is -2.46. The maximum absolute atomic E-state index is 14.5. The van der Waals surface area contributed by atoms with Gasteiger partial charge in [-0.25, -0.2) is 13.6 Å². The van der Waals surface area contributed by atoms with E-state index in [2.05, 4.69) is 0 Å². The number of benzene rings is 2. The summed E-state index contributed by atoms with van der Waals surface area (Å²) in [6.45, 7) is 13.0. The Bertz CT molecular complexity index is 1810. The average Bonchev–Trinajstić information content (AvgIpc) is 3.46. The molecule has 1 aromatic heterocycles. The van der Waals surface area contributed by atoms with Gasteiger partial charge in [0.05, 0.1) is 17.9 Å². The molecule has 2 atom stereocenters. The number of nitrogens with zero attached hydrogens (tertiary/aromatic N) is 5. The van der Waals surface area contributed by atoms with Gasteiger partial charge in [0.15, 0.2) is 0 Å². The van der Waals surface area contributed by atoms with E-state index in [9.17, 15) is 28.3 Å². The van der Waals surface area contributed by atoms with E-state index >= 15 is 0 Å². The van der Waals surface area contributed by atoms with Gasteiger partial charge in [0.25, 0.3) is 5.91 Å². The number of aromatic hydroxyl groups is 1. The molecule has 0 saturated carbocycles. The number of pyridine rings is 1. The Hall–Kier alpha value is -4.58. The minimum absolute atomic E-state index is 0.0121. The van der Waals surface area contributed by atoms with Gasteiger partial charge < -0.3 is 24.5 Å². The van der Waals surface area contributed by atoms with Gasteiger partial charge in [-0.05, 0) is 68.7 Å². The SMILES string of the molecule is C[C@@H]1CN(CC(=O)N2CC(C)(C)c3ncc(Cc4ccc(F)cc4F)cc32)[C@@H](CN2Cc3ccc(O)cc3C2=O)CN1C(=O)OC(C)(C)C. The van der Waals surface area contributed by atoms with Crippen molar-refractivity contribution < 1.29 is 33.0 Å². The van der Waals surface area contributed by atoms with Crippen LogP contribution >= 0.6 is 0 Å². The highest BCUT2D eigenvalue weighted by atomic mass is 19.1. The Kier molecular flexibility index (Phi) is 8.89. The molecule has 0 aliphatic carbocycles. The van der Waals surface area contributed by atoms with Gasteiger partial charge in [0.2, 0.25) is 5.91 Å². The maximum Gasteiger partial charge on any atom is 0.410 e. The van der Waals surface area contributed by atoms with Gasteiger partial charge in [-0.1, -0.05) is 26.0 Å². The third-order valence-electron chi connectivity index (χ3n) is 9.44. The lowest BCUT2D eigenvalue weighted by Crippen LogP contribution is -2.63. The second-order valence-corrected chi connectivity index (χ2v) is 15.1. The summed E-state index contributed by atoms with van der Waals surface area (Å²) in [5, 5.41) is 9.99. The Morgan fingerprint density at radius 3 is 2.55 bits per heavy atom. The van der Waals surface area contributed by atoms with Gasteiger partial charge in [0, 0.05) is 74.5 Å². The summed E-state index contributed by atoms with van der Waals surface area (Å²) >= 11 is 0. The van der Waals surface area contributed by atoms with Crippen molar-refractivity contribution in [2.24, 2.45) is 0 Å². The first-order chi connectivity index (χ1) is 23.0. The predicted octanol–water partition coefficient (Wildman–Crippen LogP) is 5.25. The second-order valence-electron chi connectivity index (χ2n) is 15.1. The molecule has 1 fully saturated rings. The first kappa shape index (κ1) is 34.3. The highest BCUT2D eigenvalue weighted by Crippen LogP contribution is 2.40. The summed E-state index contributed by atoms with van der Waals surface area (Å²) in [7, 11) is 0. The number of anilines is 1. The molecule has 6 rings (SSSR count). The number of ether oxygens (including phenoxy) is 1. The van der Waals surface area contributed by atoms with Crippen LogP contribution in [0.5, 0.6) is 5.75 Å². The van der Waals surface area contributed by atoms with Gasteiger partial charge in [-0.3, -0.25) is 19.5 Å². The van der Waals surface area contributed by atoms with Gasteiger partial charge in [0.1, 0.15) is 23.0 Å². The smallest absolute Gasteiger partial charge is 0.410 e. The molecule has 1 N–H and O–H groups in total. The Morgan fingerprint density at radius 2 is 1.84 bits per heavy atom. The molecule has 2 aromatic carbocycles. The molecule has 3 amide bonds. The zero-order valence-electron chi connectivity index (χ0n) is 28.8. The van der Waals surface area contributed by atoms with Crippen molar-refractivity contribution in [3.05, 3.63) is 88.2 Å². The summed E-state index contributed by atoms with van der Waals surface area (Å²) in [6, 6.07) is 9.43. The molecule has 0 radical (unpaired) electrons. The van der Waals surface area contributed by atoms with E-state index in [4.69, 9.17) is 9.72 Å². The monoisotopic (exact) mass is 675 g/mol. The summed E-state index contributed by atoms with van der Waals surface area (Å²) in [4.78, 5) is 52.7. The highest BCUT2D eigenvalue weighted by Gasteiger charge is 2.43. The number of piperazine rings is 1. The third kappa shape index (κ3) is 7.10. The third-order valence-corrected chi connectivity index (χ3v) is 9.44. The number of phenols is 1. The van der Waals surface area contributed by atoms with Gasteiger partial charge >= 0.3 is 6.09 Å². The summed E-state index contributed by atoms with van der Waals surface area (Å²) < 4.78 is 33.7. The number of halogens is 2. The minimum atomic E-state index is -0.695. The fourth-order valence-electron chi connectivity index (χ4n) is 7.04. The molecule has 0 bridgehead atoms. The van der Waals surface area contributed by atoms with Crippen LogP contribution in [0.3, 0.4) is 0 Å². The van der Waals surface area contributed by atoms with Crippen molar-refractivity contribution in [3.63, 3.8) is 0 Å². The van der Waals surface area contributed by atoms with Crippen LogP contribution in [0.15, 0.2) is 48.7 Å². The number of hydrogen-bond donors (Lipinski definition) is 1. The van der Waals surface area contributed by atoms with Crippen molar-refractivity contribution in [2.45, 2.75) is 77.6 Å². The van der Waals surface area contributed by atoms with Crippen LogP contribution in [0.2, 0.25) is 0 Å². The van der Waals surface area contributed by atoms with Crippen molar-refractivity contribution in [1.82, 2.24) is 19.7 Å². The number of fused-ring (bicyclic) bond motifs is 2. The first-order valence-corrected chi connectivity index (χ1v) is 16.6. The van der Waals surface area contributed by atoms with Gasteiger partial charge in [-0.15, -0.1) is 0 Å². The summed E-state index contributed by atoms with van der Waals surface area (Å²) in [5.74, 6) is -1.66. The quantitative estimate of drug-likeness (QED) is 0.381. The summed E-state index contributed by atoms with van der Waals surface area (Å²) in [6.07, 6.45) is 1.41. The number of carbonyl (C=O) groups is 3. The fraction of sp³-hybridized carbons (Fsp3) is 0.459. The average molecular weight is 676 g/mol. The zero-order valence-corrected chi connectivity index (χ0v) is 28.8. The van der Waals surface area contributed by atoms with Crippen LogP contribution < -0.4 is 4.90 Å². The van der Waals surface area contributed by atoms with E-state index in [-0.39, 0.29) is 55.7 Å². The predicted molar refractivity (Wildman–Crippen MR) is 179 cm³/mol. The van der Waals surface area contributed by atoms with Crippen molar-refractivity contribution in [1.29, 1.82) is 0 Å². The largest absolute Gasteiger partial charge is 0.508 e. The normalized spacial score (nSPS) is 20.4. The standard InChI is InChI=1S/C37H43F2N5O5/c1-22-16-41(27(19-43(22)35(48)49-36(2,3)4)18-42-17-25-8-10-28(45)14-29(25)34(42)47)20-32(46)44-21-37(5,6)33-31(44)12-23(15-40-33)11-24-7-9-26(38)13-30(24)39/h7-10,12-15,22,27,45H,11,16-21H2,1-6H3/t22-,27+/m1/s1. The van der Waals surface area contributed by atoms with E-state index in [0.29, 0.717) is 42.0 Å². The minimum Gasteiger partial charge on any atom is -0.508 e. The zero-order chi connectivity index (χ0) is 35.4. The van der Waals surface area contributed by atoms with Crippen molar-refractivity contribution >= 4 is 23.6 Å². The molecule has 3 aromatic rings. The number of carbonyl (C=O) groups excluding carboxylic acids is 3. The lowest BCUT2D eigenvalue weighted by atomic mass is 9.91. The van der Waals surface area contributed by atoms with E-state index in [1.807, 2.05) is 52.5 Å². The first-order valence-electron chi connectivity index (χ1n) is 16.6. The number of hydrogen-bond acceptors (Lipinski definition) is 7. The van der Waals surface area contributed by atoms with E-state index in [1.165, 1.54) is 18.2 Å². The molecule has 49 heavy (non-hydrogen) atoms. The molecule has 260 valence electrons. The number of phenolic OH excluding ortho intramolecular Hbond substituents is 1. The van der Waals surface area contributed by atoms with E-state index in [0.717, 1.165) is 17.3 Å². The molecule has 10 nitrogen and oxygen atoms in total. The molecule has 3 aliphatic heterocycles. The fourth-order valence-corrected chi connectivity index (χ4v) is 7.04. The Balaban J connectivity index is 1.25. The maximum atomic E-state index is 14.5.